The molecular formula is C14H21N3. The summed E-state index contributed by atoms with van der Waals surface area (Å²) in [5, 5.41) is 3.52. The topological polar surface area (TPSA) is 28.2 Å². The fourth-order valence-electron chi connectivity index (χ4n) is 2.31. The summed E-state index contributed by atoms with van der Waals surface area (Å²) < 4.78 is 0. The zero-order valence-corrected chi connectivity index (χ0v) is 10.5. The van der Waals surface area contributed by atoms with E-state index in [0.29, 0.717) is 0 Å². The SMILES string of the molecule is CCN(c1ccnc(CNC2CC2)c1)C1CC1. The van der Waals surface area contributed by atoms with Gasteiger partial charge >= 0.3 is 0 Å². The summed E-state index contributed by atoms with van der Waals surface area (Å²) in [6.45, 7) is 4.26. The summed E-state index contributed by atoms with van der Waals surface area (Å²) >= 11 is 0. The van der Waals surface area contributed by atoms with Gasteiger partial charge < -0.3 is 10.2 Å². The van der Waals surface area contributed by atoms with E-state index in [0.717, 1.165) is 25.2 Å². The van der Waals surface area contributed by atoms with Gasteiger partial charge in [-0.1, -0.05) is 0 Å². The molecule has 0 saturated heterocycles. The summed E-state index contributed by atoms with van der Waals surface area (Å²) in [7, 11) is 0. The van der Waals surface area contributed by atoms with E-state index >= 15 is 0 Å². The van der Waals surface area contributed by atoms with Crippen molar-refractivity contribution in [2.45, 2.75) is 51.2 Å². The first-order valence-electron chi connectivity index (χ1n) is 6.82. The van der Waals surface area contributed by atoms with E-state index < -0.39 is 0 Å². The summed E-state index contributed by atoms with van der Waals surface area (Å²) in [6.07, 6.45) is 7.33. The molecule has 0 atom stereocenters. The number of hydrogen-bond acceptors (Lipinski definition) is 3. The van der Waals surface area contributed by atoms with Gasteiger partial charge in [0, 0.05) is 37.1 Å². The molecule has 0 aromatic carbocycles. The van der Waals surface area contributed by atoms with Crippen molar-refractivity contribution in [3.63, 3.8) is 0 Å². The Morgan fingerprint density at radius 1 is 1.35 bits per heavy atom. The van der Waals surface area contributed by atoms with Gasteiger partial charge in [0.2, 0.25) is 0 Å². The molecule has 2 aliphatic carbocycles. The van der Waals surface area contributed by atoms with Crippen molar-refractivity contribution in [3.8, 4) is 0 Å². The predicted octanol–water partition coefficient (Wildman–Crippen LogP) is 2.32. The summed E-state index contributed by atoms with van der Waals surface area (Å²) in [5.74, 6) is 0. The van der Waals surface area contributed by atoms with Crippen LogP contribution in [0.1, 0.15) is 38.3 Å². The average molecular weight is 231 g/mol. The molecule has 2 saturated carbocycles. The Kier molecular flexibility index (Phi) is 3.02. The molecule has 1 N–H and O–H groups in total. The lowest BCUT2D eigenvalue weighted by Crippen LogP contribution is -2.25. The van der Waals surface area contributed by atoms with E-state index in [1.54, 1.807) is 0 Å². The maximum atomic E-state index is 4.45. The highest BCUT2D eigenvalue weighted by Gasteiger charge is 2.28. The summed E-state index contributed by atoms with van der Waals surface area (Å²) in [4.78, 5) is 6.95. The number of hydrogen-bond donors (Lipinski definition) is 1. The van der Waals surface area contributed by atoms with Gasteiger partial charge in [-0.15, -0.1) is 0 Å². The zero-order valence-electron chi connectivity index (χ0n) is 10.5. The van der Waals surface area contributed by atoms with Crippen LogP contribution in [0.25, 0.3) is 0 Å². The van der Waals surface area contributed by atoms with Gasteiger partial charge in [0.25, 0.3) is 0 Å². The van der Waals surface area contributed by atoms with Crippen LogP contribution in [-0.2, 0) is 6.54 Å². The largest absolute Gasteiger partial charge is 0.369 e. The van der Waals surface area contributed by atoms with E-state index in [1.165, 1.54) is 37.1 Å². The molecule has 92 valence electrons. The molecule has 0 aliphatic heterocycles. The van der Waals surface area contributed by atoms with Gasteiger partial charge in [0.15, 0.2) is 0 Å². The standard InChI is InChI=1S/C14H21N3/c1-2-17(13-5-6-13)14-7-8-15-12(9-14)10-16-11-3-4-11/h7-9,11,13,16H,2-6,10H2,1H3. The van der Waals surface area contributed by atoms with Gasteiger partial charge in [-0.25, -0.2) is 0 Å². The highest BCUT2D eigenvalue weighted by atomic mass is 15.2. The zero-order chi connectivity index (χ0) is 11.7. The minimum atomic E-state index is 0.756. The second-order valence-corrected chi connectivity index (χ2v) is 5.18. The molecule has 1 aromatic rings. The first-order chi connectivity index (χ1) is 8.36. The Hall–Kier alpha value is -1.09. The van der Waals surface area contributed by atoms with Crippen LogP contribution in [0.2, 0.25) is 0 Å². The molecule has 2 fully saturated rings. The molecule has 1 heterocycles. The number of rotatable bonds is 6. The third-order valence-corrected chi connectivity index (χ3v) is 3.61. The summed E-state index contributed by atoms with van der Waals surface area (Å²) in [6, 6.07) is 5.93. The van der Waals surface area contributed by atoms with Gasteiger partial charge in [-0.05, 0) is 44.7 Å². The molecule has 3 rings (SSSR count). The molecule has 0 unspecified atom stereocenters. The Morgan fingerprint density at radius 3 is 2.82 bits per heavy atom. The first kappa shape index (κ1) is 11.0. The number of anilines is 1. The Labute approximate surface area is 103 Å². The minimum Gasteiger partial charge on any atom is -0.369 e. The maximum Gasteiger partial charge on any atom is 0.0562 e. The molecular weight excluding hydrogens is 210 g/mol. The third kappa shape index (κ3) is 2.78. The van der Waals surface area contributed by atoms with E-state index in [4.69, 9.17) is 0 Å². The van der Waals surface area contributed by atoms with Crippen LogP contribution in [0.15, 0.2) is 18.3 Å². The molecule has 3 nitrogen and oxygen atoms in total. The molecule has 0 spiro atoms. The molecule has 0 radical (unpaired) electrons. The second kappa shape index (κ2) is 4.65. The van der Waals surface area contributed by atoms with Gasteiger partial charge in [-0.2, -0.15) is 0 Å². The molecule has 0 bridgehead atoms. The smallest absolute Gasteiger partial charge is 0.0562 e. The van der Waals surface area contributed by atoms with Crippen molar-refractivity contribution >= 4 is 5.69 Å². The highest BCUT2D eigenvalue weighted by Crippen LogP contribution is 2.31. The van der Waals surface area contributed by atoms with Gasteiger partial charge in [-0.3, -0.25) is 4.98 Å². The van der Waals surface area contributed by atoms with Crippen molar-refractivity contribution in [2.24, 2.45) is 0 Å². The van der Waals surface area contributed by atoms with Crippen molar-refractivity contribution in [3.05, 3.63) is 24.0 Å². The first-order valence-corrected chi connectivity index (χ1v) is 6.82. The van der Waals surface area contributed by atoms with Crippen LogP contribution >= 0.6 is 0 Å². The molecule has 17 heavy (non-hydrogen) atoms. The van der Waals surface area contributed by atoms with Crippen molar-refractivity contribution in [1.29, 1.82) is 0 Å². The number of nitrogens with zero attached hydrogens (tertiary/aromatic N) is 2. The number of nitrogens with one attached hydrogen (secondary N) is 1. The van der Waals surface area contributed by atoms with Crippen molar-refractivity contribution in [1.82, 2.24) is 10.3 Å². The van der Waals surface area contributed by atoms with Gasteiger partial charge in [0.1, 0.15) is 0 Å². The Bertz CT molecular complexity index is 383. The lowest BCUT2D eigenvalue weighted by Gasteiger charge is -2.23. The second-order valence-electron chi connectivity index (χ2n) is 5.18. The van der Waals surface area contributed by atoms with E-state index in [1.807, 2.05) is 6.20 Å². The molecule has 2 aliphatic rings. The molecule has 1 aromatic heterocycles. The monoisotopic (exact) mass is 231 g/mol. The summed E-state index contributed by atoms with van der Waals surface area (Å²) in [5.41, 5.74) is 2.52. The molecule has 3 heteroatoms. The fraction of sp³-hybridized carbons (Fsp3) is 0.643. The Balaban J connectivity index is 1.67. The maximum absolute atomic E-state index is 4.45. The lowest BCUT2D eigenvalue weighted by molar-refractivity contribution is 0.673. The normalized spacial score (nSPS) is 19.4. The van der Waals surface area contributed by atoms with Crippen LogP contribution in [0.3, 0.4) is 0 Å². The Morgan fingerprint density at radius 2 is 2.18 bits per heavy atom. The van der Waals surface area contributed by atoms with E-state index in [9.17, 15) is 0 Å². The van der Waals surface area contributed by atoms with Crippen LogP contribution in [0.5, 0.6) is 0 Å². The van der Waals surface area contributed by atoms with E-state index in [2.05, 4.69) is 34.3 Å². The average Bonchev–Trinajstić information content (AvgIpc) is 3.22. The van der Waals surface area contributed by atoms with Crippen LogP contribution in [-0.4, -0.2) is 23.6 Å². The van der Waals surface area contributed by atoms with Crippen LogP contribution in [0.4, 0.5) is 5.69 Å². The van der Waals surface area contributed by atoms with Gasteiger partial charge in [0.05, 0.1) is 5.69 Å². The van der Waals surface area contributed by atoms with Crippen molar-refractivity contribution < 1.29 is 0 Å². The fourth-order valence-corrected chi connectivity index (χ4v) is 2.31. The van der Waals surface area contributed by atoms with E-state index in [-0.39, 0.29) is 0 Å². The minimum absolute atomic E-state index is 0.756. The molecule has 0 amide bonds. The highest BCUT2D eigenvalue weighted by molar-refractivity contribution is 5.48. The number of aromatic nitrogens is 1. The predicted molar refractivity (Wildman–Crippen MR) is 70.1 cm³/mol. The lowest BCUT2D eigenvalue weighted by atomic mass is 10.2. The quantitative estimate of drug-likeness (QED) is 0.814. The van der Waals surface area contributed by atoms with Crippen LogP contribution in [0, 0.1) is 0 Å². The number of pyridine rings is 1. The third-order valence-electron chi connectivity index (χ3n) is 3.61. The van der Waals surface area contributed by atoms with Crippen molar-refractivity contribution in [2.75, 3.05) is 11.4 Å². The van der Waals surface area contributed by atoms with Crippen LogP contribution < -0.4 is 10.2 Å².